The van der Waals surface area contributed by atoms with E-state index >= 15 is 0 Å². The summed E-state index contributed by atoms with van der Waals surface area (Å²) in [7, 11) is -8.07. The number of benzene rings is 3. The molecule has 36 heavy (non-hydrogen) atoms. The molecule has 3 aromatic carbocycles. The molecular formula is C27H29O6PS2. The fraction of sp³-hybridized carbons (Fsp3) is 0.333. The van der Waals surface area contributed by atoms with Crippen LogP contribution in [-0.4, -0.2) is 31.6 Å². The SMILES string of the molecule is O=S(=O)(O)c1ccc(CCC2(PC3CCCCC3)c3ccccc3-c3ccc(S(=O)(=O)O)cc32)cc1. The molecule has 0 amide bonds. The molecular weight excluding hydrogens is 515 g/mol. The van der Waals surface area contributed by atoms with Gasteiger partial charge in [-0.15, -0.1) is 8.58 Å². The third kappa shape index (κ3) is 4.90. The molecule has 0 spiro atoms. The zero-order valence-corrected chi connectivity index (χ0v) is 22.4. The van der Waals surface area contributed by atoms with Crippen LogP contribution in [0.4, 0.5) is 0 Å². The quantitative estimate of drug-likeness (QED) is 0.277. The van der Waals surface area contributed by atoms with Gasteiger partial charge in [-0.3, -0.25) is 9.11 Å². The smallest absolute Gasteiger partial charge is 0.282 e. The Bertz CT molecular complexity index is 1490. The lowest BCUT2D eigenvalue weighted by molar-refractivity contribution is 0.480. The molecule has 6 nitrogen and oxygen atoms in total. The molecule has 5 rings (SSSR count). The second-order valence-electron chi connectivity index (χ2n) is 9.73. The van der Waals surface area contributed by atoms with Gasteiger partial charge in [0, 0.05) is 5.16 Å². The number of rotatable bonds is 7. The van der Waals surface area contributed by atoms with Crippen molar-refractivity contribution in [2.24, 2.45) is 0 Å². The Labute approximate surface area is 214 Å². The molecule has 0 aromatic heterocycles. The minimum absolute atomic E-state index is 0.0932. The van der Waals surface area contributed by atoms with Crippen molar-refractivity contribution in [2.75, 3.05) is 0 Å². The largest absolute Gasteiger partial charge is 0.294 e. The van der Waals surface area contributed by atoms with Crippen LogP contribution >= 0.6 is 8.58 Å². The van der Waals surface area contributed by atoms with Crippen molar-refractivity contribution < 1.29 is 25.9 Å². The summed E-state index contributed by atoms with van der Waals surface area (Å²) in [6.07, 6.45) is 7.31. The first-order valence-corrected chi connectivity index (χ1v) is 16.1. The predicted octanol–water partition coefficient (Wildman–Crippen LogP) is 6.05. The molecule has 1 saturated carbocycles. The van der Waals surface area contributed by atoms with E-state index in [0.29, 0.717) is 27.1 Å². The lowest BCUT2D eigenvalue weighted by Gasteiger charge is -2.37. The summed E-state index contributed by atoms with van der Waals surface area (Å²) < 4.78 is 66.2. The van der Waals surface area contributed by atoms with Crippen LogP contribution in [0.5, 0.6) is 0 Å². The molecule has 0 radical (unpaired) electrons. The van der Waals surface area contributed by atoms with Gasteiger partial charge >= 0.3 is 0 Å². The number of aryl methyl sites for hydroxylation is 1. The maximum absolute atomic E-state index is 12.1. The van der Waals surface area contributed by atoms with Crippen molar-refractivity contribution in [3.8, 4) is 11.1 Å². The predicted molar refractivity (Wildman–Crippen MR) is 142 cm³/mol. The molecule has 2 N–H and O–H groups in total. The zero-order valence-electron chi connectivity index (χ0n) is 19.7. The second-order valence-corrected chi connectivity index (χ2v) is 14.5. The summed E-state index contributed by atoms with van der Waals surface area (Å²) in [5.41, 5.74) is 5.70. The van der Waals surface area contributed by atoms with E-state index in [4.69, 9.17) is 0 Å². The molecule has 2 aliphatic rings. The van der Waals surface area contributed by atoms with Crippen LogP contribution in [0.2, 0.25) is 0 Å². The number of hydrogen-bond acceptors (Lipinski definition) is 4. The Hall–Kier alpha value is -2.09. The molecule has 3 aromatic rings. The first-order chi connectivity index (χ1) is 17.1. The minimum Gasteiger partial charge on any atom is -0.282 e. The van der Waals surface area contributed by atoms with Gasteiger partial charge < -0.3 is 0 Å². The maximum atomic E-state index is 12.1. The Kier molecular flexibility index (Phi) is 6.85. The van der Waals surface area contributed by atoms with E-state index in [1.807, 2.05) is 18.2 Å². The van der Waals surface area contributed by atoms with Crippen LogP contribution in [0.25, 0.3) is 11.1 Å². The zero-order chi connectivity index (χ0) is 25.6. The lowest BCUT2D eigenvalue weighted by Crippen LogP contribution is -2.25. The molecule has 2 aliphatic carbocycles. The third-order valence-corrected chi connectivity index (χ3v) is 11.5. The van der Waals surface area contributed by atoms with Gasteiger partial charge in [-0.2, -0.15) is 16.8 Å². The van der Waals surface area contributed by atoms with E-state index in [9.17, 15) is 25.9 Å². The highest BCUT2D eigenvalue weighted by atomic mass is 32.2. The highest BCUT2D eigenvalue weighted by Crippen LogP contribution is 2.62. The number of fused-ring (bicyclic) bond motifs is 3. The molecule has 0 aliphatic heterocycles. The Morgan fingerprint density at radius 2 is 1.36 bits per heavy atom. The Balaban J connectivity index is 1.61. The van der Waals surface area contributed by atoms with Gasteiger partial charge in [-0.1, -0.05) is 61.7 Å². The molecule has 190 valence electrons. The van der Waals surface area contributed by atoms with Crippen LogP contribution in [0.15, 0.2) is 76.5 Å². The molecule has 2 atom stereocenters. The van der Waals surface area contributed by atoms with Gasteiger partial charge in [0.25, 0.3) is 20.2 Å². The van der Waals surface area contributed by atoms with Crippen LogP contribution in [0.3, 0.4) is 0 Å². The second kappa shape index (κ2) is 9.66. The summed E-state index contributed by atoms with van der Waals surface area (Å²) >= 11 is 0. The first kappa shape index (κ1) is 25.6. The highest BCUT2D eigenvalue weighted by molar-refractivity contribution is 7.86. The Morgan fingerprint density at radius 3 is 2.03 bits per heavy atom. The average Bonchev–Trinajstić information content (AvgIpc) is 3.12. The van der Waals surface area contributed by atoms with Crippen molar-refractivity contribution in [2.45, 2.75) is 65.6 Å². The molecule has 0 bridgehead atoms. The summed E-state index contributed by atoms with van der Waals surface area (Å²) in [5.74, 6) is 0. The fourth-order valence-corrected chi connectivity index (χ4v) is 9.15. The van der Waals surface area contributed by atoms with Crippen molar-refractivity contribution in [3.63, 3.8) is 0 Å². The van der Waals surface area contributed by atoms with Crippen LogP contribution < -0.4 is 0 Å². The molecule has 9 heteroatoms. The minimum atomic E-state index is -4.36. The highest BCUT2D eigenvalue weighted by Gasteiger charge is 2.44. The molecule has 2 unspecified atom stereocenters. The third-order valence-electron chi connectivity index (χ3n) is 7.49. The summed E-state index contributed by atoms with van der Waals surface area (Å²) in [5, 5.41) is -0.406. The number of hydrogen-bond donors (Lipinski definition) is 2. The van der Waals surface area contributed by atoms with E-state index in [0.717, 1.165) is 35.1 Å². The van der Waals surface area contributed by atoms with E-state index in [-0.39, 0.29) is 9.79 Å². The van der Waals surface area contributed by atoms with E-state index in [2.05, 4.69) is 12.1 Å². The van der Waals surface area contributed by atoms with E-state index in [1.165, 1.54) is 43.0 Å². The van der Waals surface area contributed by atoms with Crippen molar-refractivity contribution in [1.82, 2.24) is 0 Å². The van der Waals surface area contributed by atoms with Crippen LogP contribution in [0, 0.1) is 0 Å². The Morgan fingerprint density at radius 1 is 0.750 bits per heavy atom. The summed E-state index contributed by atoms with van der Waals surface area (Å²) in [6.45, 7) is 0. The monoisotopic (exact) mass is 544 g/mol. The van der Waals surface area contributed by atoms with Gasteiger partial charge in [-0.05, 0) is 83.4 Å². The van der Waals surface area contributed by atoms with Crippen molar-refractivity contribution in [3.05, 3.63) is 83.4 Å². The normalized spacial score (nSPS) is 20.5. The molecule has 0 saturated heterocycles. The first-order valence-electron chi connectivity index (χ1n) is 12.1. The van der Waals surface area contributed by atoms with Crippen molar-refractivity contribution >= 4 is 28.8 Å². The van der Waals surface area contributed by atoms with Crippen molar-refractivity contribution in [1.29, 1.82) is 0 Å². The van der Waals surface area contributed by atoms with E-state index in [1.54, 1.807) is 18.2 Å². The summed E-state index contributed by atoms with van der Waals surface area (Å²) in [6, 6.07) is 19.4. The molecule has 1 fully saturated rings. The van der Waals surface area contributed by atoms with Gasteiger partial charge in [0.05, 0.1) is 9.79 Å². The van der Waals surface area contributed by atoms with Gasteiger partial charge in [-0.25, -0.2) is 0 Å². The topological polar surface area (TPSA) is 109 Å². The maximum Gasteiger partial charge on any atom is 0.294 e. The fourth-order valence-electron chi connectivity index (χ4n) is 5.76. The van der Waals surface area contributed by atoms with Gasteiger partial charge in [0.1, 0.15) is 0 Å². The average molecular weight is 545 g/mol. The van der Waals surface area contributed by atoms with Crippen LogP contribution in [0.1, 0.15) is 55.2 Å². The summed E-state index contributed by atoms with van der Waals surface area (Å²) in [4.78, 5) is -0.233. The van der Waals surface area contributed by atoms with E-state index < -0.39 is 25.4 Å². The van der Waals surface area contributed by atoms with Crippen LogP contribution in [-0.2, 0) is 31.8 Å². The molecule has 0 heterocycles. The lowest BCUT2D eigenvalue weighted by atomic mass is 9.89. The van der Waals surface area contributed by atoms with Gasteiger partial charge in [0.2, 0.25) is 0 Å². The van der Waals surface area contributed by atoms with Gasteiger partial charge in [0.15, 0.2) is 0 Å². The standard InChI is InChI=1S/C27H29O6PS2/c28-35(29,30)21-12-10-19(11-13-21)16-17-27(34-20-6-2-1-3-7-20)25-9-5-4-8-23(25)24-15-14-22(18-26(24)27)36(31,32)33/h4-5,8-15,18,20,34H,1-3,6-7,16-17H2,(H,28,29,30)(H,31,32,33).